The van der Waals surface area contributed by atoms with Crippen LogP contribution in [0.25, 0.3) is 20.7 Å². The summed E-state index contributed by atoms with van der Waals surface area (Å²) in [4.78, 5) is 44.1. The predicted molar refractivity (Wildman–Crippen MR) is 198 cm³/mol. The Labute approximate surface area is 298 Å². The van der Waals surface area contributed by atoms with Gasteiger partial charge in [-0.05, 0) is 67.3 Å². The second-order valence-corrected chi connectivity index (χ2v) is 15.0. The van der Waals surface area contributed by atoms with Crippen LogP contribution in [-0.4, -0.2) is 39.6 Å². The summed E-state index contributed by atoms with van der Waals surface area (Å²) in [6.07, 6.45) is 3.98. The molecular formula is C39H39F2N3O4S2. The molecule has 7 nitrogen and oxygen atoms in total. The number of rotatable bonds is 11. The maximum atomic E-state index is 15.1. The zero-order valence-electron chi connectivity index (χ0n) is 28.2. The smallest absolute Gasteiger partial charge is 0.227 e. The molecular weight excluding hydrogens is 677 g/mol. The number of benzene rings is 3. The van der Waals surface area contributed by atoms with E-state index in [0.717, 1.165) is 40.6 Å². The number of thiophene rings is 1. The molecule has 0 aliphatic carbocycles. The lowest BCUT2D eigenvalue weighted by molar-refractivity contribution is -0.118. The van der Waals surface area contributed by atoms with Gasteiger partial charge in [0.1, 0.15) is 21.9 Å². The lowest BCUT2D eigenvalue weighted by Crippen LogP contribution is -2.23. The van der Waals surface area contributed by atoms with Crippen LogP contribution >= 0.6 is 23.1 Å². The molecule has 1 N–H and O–H groups in total. The molecule has 1 fully saturated rings. The molecule has 1 saturated heterocycles. The SMILES string of the molecule is CC(C)C(=O)Nc1ccc(-c2sc3c(c2CN(C)Cc2ccccc2)c(=O)c(C(=O)SC2CCCCO2)cn3Cc2c(F)cccc2F)cc1. The first kappa shape index (κ1) is 35.7. The van der Waals surface area contributed by atoms with Crippen molar-refractivity contribution < 1.29 is 23.1 Å². The number of halogens is 2. The Bertz CT molecular complexity index is 2040. The van der Waals surface area contributed by atoms with Crippen molar-refractivity contribution >= 4 is 50.0 Å². The second kappa shape index (κ2) is 15.8. The summed E-state index contributed by atoms with van der Waals surface area (Å²) in [6.45, 7) is 4.92. The molecule has 3 heterocycles. The van der Waals surface area contributed by atoms with Crippen molar-refractivity contribution in [2.75, 3.05) is 19.0 Å². The first-order valence-electron chi connectivity index (χ1n) is 16.7. The summed E-state index contributed by atoms with van der Waals surface area (Å²) < 4.78 is 37.5. The molecule has 6 rings (SSSR count). The van der Waals surface area contributed by atoms with Gasteiger partial charge in [-0.3, -0.25) is 19.3 Å². The average Bonchev–Trinajstić information content (AvgIpc) is 3.48. The summed E-state index contributed by atoms with van der Waals surface area (Å²) in [7, 11) is 1.96. The van der Waals surface area contributed by atoms with E-state index in [2.05, 4.69) is 10.2 Å². The number of aromatic nitrogens is 1. The number of hydrogen-bond acceptors (Lipinski definition) is 7. The Morgan fingerprint density at radius 1 is 0.980 bits per heavy atom. The minimum atomic E-state index is -0.715. The van der Waals surface area contributed by atoms with Gasteiger partial charge < -0.3 is 14.6 Å². The largest absolute Gasteiger partial charge is 0.367 e. The molecule has 1 amide bonds. The van der Waals surface area contributed by atoms with Crippen molar-refractivity contribution in [2.24, 2.45) is 5.92 Å². The average molecular weight is 716 g/mol. The Morgan fingerprint density at radius 3 is 2.36 bits per heavy atom. The molecule has 50 heavy (non-hydrogen) atoms. The van der Waals surface area contributed by atoms with Crippen molar-refractivity contribution in [3.05, 3.63) is 123 Å². The van der Waals surface area contributed by atoms with E-state index in [4.69, 9.17) is 4.74 Å². The molecule has 1 atom stereocenters. The lowest BCUT2D eigenvalue weighted by atomic mass is 10.0. The van der Waals surface area contributed by atoms with Crippen LogP contribution in [0.15, 0.2) is 83.8 Å². The van der Waals surface area contributed by atoms with Crippen LogP contribution in [0.3, 0.4) is 0 Å². The molecule has 2 aromatic heterocycles. The predicted octanol–water partition coefficient (Wildman–Crippen LogP) is 8.68. The number of thioether (sulfide) groups is 1. The molecule has 260 valence electrons. The maximum absolute atomic E-state index is 15.1. The second-order valence-electron chi connectivity index (χ2n) is 12.9. The standard InChI is InChI=1S/C39H39F2N3O4S2/c1-24(2)37(46)42-27-17-15-26(16-18-27)36-29(21-43(3)20-25-10-5-4-6-11-25)34-35(45)30(39(47)49-33-14-7-8-19-48-33)23-44(38(34)50-36)22-28-31(40)12-9-13-32(28)41/h4-6,9-13,15-18,23-24,33H,7-8,14,19-22H2,1-3H3,(H,42,46). The third-order valence-electron chi connectivity index (χ3n) is 8.65. The number of nitrogens with one attached hydrogen (secondary N) is 1. The number of hydrogen-bond donors (Lipinski definition) is 1. The topological polar surface area (TPSA) is 80.6 Å². The van der Waals surface area contributed by atoms with Crippen molar-refractivity contribution in [1.82, 2.24) is 9.47 Å². The van der Waals surface area contributed by atoms with Gasteiger partial charge in [-0.25, -0.2) is 8.78 Å². The fraction of sp³-hybridized carbons (Fsp3) is 0.308. The van der Waals surface area contributed by atoms with Gasteiger partial charge in [-0.15, -0.1) is 11.3 Å². The molecule has 5 aromatic rings. The van der Waals surface area contributed by atoms with Crippen molar-refractivity contribution in [1.29, 1.82) is 0 Å². The van der Waals surface area contributed by atoms with E-state index < -0.39 is 22.2 Å². The van der Waals surface area contributed by atoms with Gasteiger partial charge in [-0.2, -0.15) is 0 Å². The number of nitrogens with zero attached hydrogens (tertiary/aromatic N) is 2. The highest BCUT2D eigenvalue weighted by atomic mass is 32.2. The number of fused-ring (bicyclic) bond motifs is 1. The third-order valence-corrected chi connectivity index (χ3v) is 11.0. The lowest BCUT2D eigenvalue weighted by Gasteiger charge is -2.21. The van der Waals surface area contributed by atoms with E-state index in [-0.39, 0.29) is 34.9 Å². The fourth-order valence-corrected chi connectivity index (χ4v) is 8.25. The van der Waals surface area contributed by atoms with Crippen LogP contribution in [0.1, 0.15) is 60.2 Å². The van der Waals surface area contributed by atoms with Crippen LogP contribution in [0, 0.1) is 17.6 Å². The zero-order chi connectivity index (χ0) is 35.4. The summed E-state index contributed by atoms with van der Waals surface area (Å²) >= 11 is 2.33. The van der Waals surface area contributed by atoms with E-state index in [0.29, 0.717) is 47.6 Å². The van der Waals surface area contributed by atoms with Gasteiger partial charge in [0.05, 0.1) is 17.5 Å². The van der Waals surface area contributed by atoms with E-state index in [1.54, 1.807) is 4.57 Å². The summed E-state index contributed by atoms with van der Waals surface area (Å²) in [5.41, 5.74) is 2.23. The summed E-state index contributed by atoms with van der Waals surface area (Å²) in [6, 6.07) is 21.1. The molecule has 1 aliphatic heterocycles. The highest BCUT2D eigenvalue weighted by molar-refractivity contribution is 8.14. The van der Waals surface area contributed by atoms with E-state index in [1.807, 2.05) is 75.5 Å². The molecule has 1 aliphatic rings. The van der Waals surface area contributed by atoms with E-state index >= 15 is 8.78 Å². The first-order chi connectivity index (χ1) is 24.1. The minimum Gasteiger partial charge on any atom is -0.367 e. The van der Waals surface area contributed by atoms with Crippen molar-refractivity contribution in [3.8, 4) is 10.4 Å². The van der Waals surface area contributed by atoms with Gasteiger partial charge in [0.2, 0.25) is 16.5 Å². The number of ether oxygens (including phenoxy) is 1. The number of amides is 1. The number of pyridine rings is 1. The van der Waals surface area contributed by atoms with Crippen LogP contribution in [0.2, 0.25) is 0 Å². The highest BCUT2D eigenvalue weighted by Gasteiger charge is 2.27. The Hall–Kier alpha value is -4.16. The van der Waals surface area contributed by atoms with Crippen LogP contribution < -0.4 is 10.7 Å². The number of carbonyl (C=O) groups excluding carboxylic acids is 2. The monoisotopic (exact) mass is 715 g/mol. The Kier molecular flexibility index (Phi) is 11.3. The minimum absolute atomic E-state index is 0.0588. The maximum Gasteiger partial charge on any atom is 0.227 e. The molecule has 1 unspecified atom stereocenters. The summed E-state index contributed by atoms with van der Waals surface area (Å²) in [5, 5.41) is 2.82. The molecule has 3 aromatic carbocycles. The van der Waals surface area contributed by atoms with Crippen LogP contribution in [0.4, 0.5) is 14.5 Å². The van der Waals surface area contributed by atoms with Gasteiger partial charge in [0.15, 0.2) is 0 Å². The quantitative estimate of drug-likeness (QED) is 0.148. The molecule has 0 saturated carbocycles. The zero-order valence-corrected chi connectivity index (χ0v) is 29.8. The summed E-state index contributed by atoms with van der Waals surface area (Å²) in [5.74, 6) is -1.72. The molecule has 0 bridgehead atoms. The van der Waals surface area contributed by atoms with Crippen LogP contribution in [-0.2, 0) is 29.2 Å². The fourth-order valence-electron chi connectivity index (χ4n) is 6.00. The highest BCUT2D eigenvalue weighted by Crippen LogP contribution is 2.40. The van der Waals surface area contributed by atoms with Crippen molar-refractivity contribution in [2.45, 2.75) is 58.2 Å². The Morgan fingerprint density at radius 2 is 1.70 bits per heavy atom. The van der Waals surface area contributed by atoms with Crippen molar-refractivity contribution in [3.63, 3.8) is 0 Å². The van der Waals surface area contributed by atoms with Crippen LogP contribution in [0.5, 0.6) is 0 Å². The molecule has 0 spiro atoms. The van der Waals surface area contributed by atoms with Gasteiger partial charge in [0.25, 0.3) is 0 Å². The number of anilines is 1. The van der Waals surface area contributed by atoms with E-state index in [9.17, 15) is 14.4 Å². The van der Waals surface area contributed by atoms with Gasteiger partial charge >= 0.3 is 0 Å². The molecule has 0 radical (unpaired) electrons. The Balaban J connectivity index is 1.51. The number of carbonyl (C=O) groups is 2. The first-order valence-corrected chi connectivity index (χ1v) is 18.4. The van der Waals surface area contributed by atoms with Gasteiger partial charge in [0, 0.05) is 47.9 Å². The normalized spacial score (nSPS) is 14.8. The van der Waals surface area contributed by atoms with E-state index in [1.165, 1.54) is 35.7 Å². The van der Waals surface area contributed by atoms with Gasteiger partial charge in [-0.1, -0.05) is 74.1 Å². The third kappa shape index (κ3) is 8.07. The molecule has 11 heteroatoms.